The molecule has 1 fully saturated rings. The van der Waals surface area contributed by atoms with Crippen LogP contribution in [0.15, 0.2) is 24.3 Å². The van der Waals surface area contributed by atoms with Gasteiger partial charge in [0.1, 0.15) is 11.5 Å². The number of carbonyl (C=O) groups is 4. The lowest BCUT2D eigenvalue weighted by molar-refractivity contribution is -0.134. The minimum Gasteiger partial charge on any atom is -0.465 e. The molecule has 1 aliphatic carbocycles. The molecule has 1 saturated carbocycles. The van der Waals surface area contributed by atoms with Crippen LogP contribution in [0, 0.1) is 11.7 Å². The number of aromatic amines is 1. The van der Waals surface area contributed by atoms with Crippen LogP contribution in [0.1, 0.15) is 50.1 Å². The van der Waals surface area contributed by atoms with E-state index in [2.05, 4.69) is 20.6 Å². The van der Waals surface area contributed by atoms with Crippen molar-refractivity contribution in [2.24, 2.45) is 5.92 Å². The number of H-pyrrole nitrogens is 1. The molecule has 11 nitrogen and oxygen atoms in total. The van der Waals surface area contributed by atoms with Crippen LogP contribution in [0.4, 0.5) is 9.18 Å². The van der Waals surface area contributed by atoms with Crippen LogP contribution < -0.4 is 10.6 Å². The molecule has 0 bridgehead atoms. The van der Waals surface area contributed by atoms with Crippen LogP contribution in [0.3, 0.4) is 0 Å². The molecule has 38 heavy (non-hydrogen) atoms. The predicted octanol–water partition coefficient (Wildman–Crippen LogP) is 2.54. The number of hydrogen-bond donors (Lipinski definition) is 4. The highest BCUT2D eigenvalue weighted by molar-refractivity contribution is 7.13. The molecule has 13 heteroatoms. The first kappa shape index (κ1) is 25.6. The van der Waals surface area contributed by atoms with E-state index in [0.717, 1.165) is 16.2 Å². The summed E-state index contributed by atoms with van der Waals surface area (Å²) >= 11 is 1.14. The van der Waals surface area contributed by atoms with E-state index >= 15 is 0 Å². The second-order valence-electron chi connectivity index (χ2n) is 9.84. The van der Waals surface area contributed by atoms with Crippen molar-refractivity contribution >= 4 is 46.1 Å². The normalized spacial score (nSPS) is 20.7. The Morgan fingerprint density at radius 2 is 1.87 bits per heavy atom. The van der Waals surface area contributed by atoms with Crippen LogP contribution in [0.25, 0.3) is 10.9 Å². The van der Waals surface area contributed by atoms with Crippen molar-refractivity contribution in [1.29, 1.82) is 0 Å². The fourth-order valence-electron chi connectivity index (χ4n) is 5.07. The maximum absolute atomic E-state index is 13.6. The van der Waals surface area contributed by atoms with Gasteiger partial charge in [0.15, 0.2) is 5.01 Å². The van der Waals surface area contributed by atoms with Crippen molar-refractivity contribution in [2.45, 2.75) is 44.4 Å². The first-order valence-corrected chi connectivity index (χ1v) is 13.0. The lowest BCUT2D eigenvalue weighted by Gasteiger charge is -2.37. The number of benzene rings is 1. The molecule has 4 N–H and O–H groups in total. The minimum absolute atomic E-state index is 0.0475. The number of aromatic nitrogens is 2. The fraction of sp³-hybridized carbons (Fsp3) is 0.400. The quantitative estimate of drug-likeness (QED) is 0.390. The van der Waals surface area contributed by atoms with Gasteiger partial charge in [-0.15, -0.1) is 11.3 Å². The predicted molar refractivity (Wildman–Crippen MR) is 136 cm³/mol. The SMILES string of the molecule is CN(C)C(=O)[C@H]1CC[C@H](NC(=O)c2cc3cc(F)ccc3[nH]2)[C@H](NC(=O)c2nc3c(s2)CN(C(=O)O)C3)C1. The Morgan fingerprint density at radius 3 is 2.58 bits per heavy atom. The van der Waals surface area contributed by atoms with Crippen molar-refractivity contribution in [3.05, 3.63) is 51.4 Å². The third kappa shape index (κ3) is 5.05. The Bertz CT molecular complexity index is 1410. The highest BCUT2D eigenvalue weighted by atomic mass is 32.1. The summed E-state index contributed by atoms with van der Waals surface area (Å²) in [5.74, 6) is -1.60. The zero-order valence-corrected chi connectivity index (χ0v) is 21.6. The molecule has 200 valence electrons. The Morgan fingerprint density at radius 1 is 1.11 bits per heavy atom. The molecule has 5 rings (SSSR count). The summed E-state index contributed by atoms with van der Waals surface area (Å²) < 4.78 is 13.6. The largest absolute Gasteiger partial charge is 0.465 e. The molecule has 1 aliphatic heterocycles. The number of amides is 4. The minimum atomic E-state index is -1.04. The van der Waals surface area contributed by atoms with Crippen molar-refractivity contribution < 1.29 is 28.7 Å². The molecule has 0 saturated heterocycles. The number of carboxylic acid groups (broad SMARTS) is 1. The van der Waals surface area contributed by atoms with Crippen molar-refractivity contribution in [3.63, 3.8) is 0 Å². The zero-order chi connectivity index (χ0) is 27.1. The van der Waals surface area contributed by atoms with Crippen LogP contribution in [-0.4, -0.2) is 74.9 Å². The lowest BCUT2D eigenvalue weighted by Crippen LogP contribution is -2.56. The first-order chi connectivity index (χ1) is 18.1. The van der Waals surface area contributed by atoms with Gasteiger partial charge in [0.25, 0.3) is 11.8 Å². The molecular weight excluding hydrogens is 515 g/mol. The summed E-state index contributed by atoms with van der Waals surface area (Å²) in [7, 11) is 3.36. The first-order valence-electron chi connectivity index (χ1n) is 12.2. The molecular formula is C25H27FN6O5S. The van der Waals surface area contributed by atoms with Crippen molar-refractivity contribution in [3.8, 4) is 0 Å². The molecule has 4 amide bonds. The van der Waals surface area contributed by atoms with E-state index in [-0.39, 0.29) is 35.6 Å². The van der Waals surface area contributed by atoms with Gasteiger partial charge in [0.05, 0.1) is 24.8 Å². The van der Waals surface area contributed by atoms with E-state index in [4.69, 9.17) is 0 Å². The smallest absolute Gasteiger partial charge is 0.407 e. The molecule has 2 aliphatic rings. The third-order valence-corrected chi connectivity index (χ3v) is 8.10. The Balaban J connectivity index is 1.32. The average molecular weight is 543 g/mol. The van der Waals surface area contributed by atoms with Gasteiger partial charge >= 0.3 is 6.09 Å². The number of carbonyl (C=O) groups excluding carboxylic acids is 3. The van der Waals surface area contributed by atoms with E-state index in [0.29, 0.717) is 35.9 Å². The Labute approximate surface area is 221 Å². The third-order valence-electron chi connectivity index (χ3n) is 7.02. The number of rotatable bonds is 5. The Kier molecular flexibility index (Phi) is 6.78. The van der Waals surface area contributed by atoms with Gasteiger partial charge in [-0.2, -0.15) is 0 Å². The van der Waals surface area contributed by atoms with Crippen molar-refractivity contribution in [2.75, 3.05) is 14.1 Å². The number of nitrogens with one attached hydrogen (secondary N) is 3. The topological polar surface area (TPSA) is 148 Å². The summed E-state index contributed by atoms with van der Waals surface area (Å²) in [6.07, 6.45) is 0.308. The number of nitrogens with zero attached hydrogens (tertiary/aromatic N) is 3. The van der Waals surface area contributed by atoms with Crippen LogP contribution in [-0.2, 0) is 17.9 Å². The van der Waals surface area contributed by atoms with Gasteiger partial charge < -0.3 is 25.6 Å². The summed E-state index contributed by atoms with van der Waals surface area (Å²) in [4.78, 5) is 60.9. The summed E-state index contributed by atoms with van der Waals surface area (Å²) in [6.45, 7) is 0.315. The van der Waals surface area contributed by atoms with Gasteiger partial charge in [-0.3, -0.25) is 19.3 Å². The van der Waals surface area contributed by atoms with E-state index < -0.39 is 35.8 Å². The van der Waals surface area contributed by atoms with Gasteiger partial charge in [0.2, 0.25) is 5.91 Å². The van der Waals surface area contributed by atoms with E-state index in [1.807, 2.05) is 0 Å². The summed E-state index contributed by atoms with van der Waals surface area (Å²) in [5, 5.41) is 15.9. The summed E-state index contributed by atoms with van der Waals surface area (Å²) in [5.41, 5.74) is 1.45. The second kappa shape index (κ2) is 10.0. The van der Waals surface area contributed by atoms with Crippen LogP contribution in [0.2, 0.25) is 0 Å². The highest BCUT2D eigenvalue weighted by Gasteiger charge is 2.37. The number of halogens is 1. The number of hydrogen-bond acceptors (Lipinski definition) is 6. The molecule has 3 heterocycles. The van der Waals surface area contributed by atoms with E-state index in [9.17, 15) is 28.7 Å². The maximum Gasteiger partial charge on any atom is 0.407 e. The van der Waals surface area contributed by atoms with Crippen molar-refractivity contribution in [1.82, 2.24) is 30.4 Å². The van der Waals surface area contributed by atoms with Gasteiger partial charge in [-0.25, -0.2) is 14.2 Å². The molecule has 0 spiro atoms. The number of fused-ring (bicyclic) bond motifs is 2. The fourth-order valence-corrected chi connectivity index (χ4v) is 6.06. The van der Waals surface area contributed by atoms with Gasteiger partial charge in [-0.1, -0.05) is 0 Å². The molecule has 1 aromatic carbocycles. The van der Waals surface area contributed by atoms with Crippen LogP contribution >= 0.6 is 11.3 Å². The zero-order valence-electron chi connectivity index (χ0n) is 20.8. The van der Waals surface area contributed by atoms with Gasteiger partial charge in [-0.05, 0) is 43.5 Å². The molecule has 3 aromatic rings. The highest BCUT2D eigenvalue weighted by Crippen LogP contribution is 2.30. The van der Waals surface area contributed by atoms with E-state index in [1.165, 1.54) is 21.9 Å². The monoisotopic (exact) mass is 542 g/mol. The molecule has 0 unspecified atom stereocenters. The molecule has 0 radical (unpaired) electrons. The lowest BCUT2D eigenvalue weighted by atomic mass is 9.81. The Hall–Kier alpha value is -4.00. The molecule has 3 atom stereocenters. The molecule has 2 aromatic heterocycles. The number of thiazole rings is 1. The standard InChI is InChI=1S/C25H27FN6O5S/c1-31(2)24(35)12-3-5-16(28-21(33)18-9-13-7-14(26)4-6-15(13)27-18)17(8-12)29-22(34)23-30-19-10-32(25(36)37)11-20(19)38-23/h4,6-7,9,12,16-17,27H,3,5,8,10-11H2,1-2H3,(H,28,33)(H,29,34)(H,36,37)/t12-,16-,17+/m0/s1. The average Bonchev–Trinajstić information content (AvgIpc) is 3.57. The van der Waals surface area contributed by atoms with E-state index in [1.54, 1.807) is 26.2 Å². The van der Waals surface area contributed by atoms with Crippen LogP contribution in [0.5, 0.6) is 0 Å². The maximum atomic E-state index is 13.6. The van der Waals surface area contributed by atoms with Gasteiger partial charge in [0, 0.05) is 41.8 Å². The second-order valence-corrected chi connectivity index (χ2v) is 10.9. The summed E-state index contributed by atoms with van der Waals surface area (Å²) in [6, 6.07) is 4.79.